The smallest absolute Gasteiger partial charge is 0.223 e. The third kappa shape index (κ3) is 3.78. The van der Waals surface area contributed by atoms with E-state index in [1.165, 1.54) is 0 Å². The summed E-state index contributed by atoms with van der Waals surface area (Å²) in [6, 6.07) is 3.97. The number of furan rings is 1. The lowest BCUT2D eigenvalue weighted by Gasteiger charge is -2.33. The molecule has 5 nitrogen and oxygen atoms in total. The minimum atomic E-state index is 0.0852. The fourth-order valence-corrected chi connectivity index (χ4v) is 3.15. The Bertz CT molecular complexity index is 492. The van der Waals surface area contributed by atoms with Crippen LogP contribution in [-0.4, -0.2) is 43.7 Å². The summed E-state index contributed by atoms with van der Waals surface area (Å²) in [5, 5.41) is 3.12. The highest BCUT2D eigenvalue weighted by atomic mass is 16.5. The van der Waals surface area contributed by atoms with E-state index in [2.05, 4.69) is 22.4 Å². The zero-order valence-electron chi connectivity index (χ0n) is 12.9. The molecule has 5 heteroatoms. The highest BCUT2D eigenvalue weighted by Crippen LogP contribution is 2.23. The molecule has 0 bridgehead atoms. The standard InChI is InChI=1S/C17H24N2O3/c20-17(14-5-2-1-3-6-14)18-13-15(16-7-4-10-22-16)19-8-11-21-12-9-19/h1-2,4,7,10,14-15H,3,5-6,8-9,11-13H2,(H,18,20)/t14-,15-/m0/s1. The van der Waals surface area contributed by atoms with Crippen molar-refractivity contribution in [2.45, 2.75) is 25.3 Å². The number of carbonyl (C=O) groups is 1. The minimum absolute atomic E-state index is 0.0852. The molecular formula is C17H24N2O3. The Morgan fingerprint density at radius 3 is 2.91 bits per heavy atom. The average molecular weight is 304 g/mol. The molecule has 1 amide bonds. The second-order valence-corrected chi connectivity index (χ2v) is 5.91. The lowest BCUT2D eigenvalue weighted by Crippen LogP contribution is -2.44. The van der Waals surface area contributed by atoms with E-state index in [0.717, 1.165) is 51.3 Å². The predicted octanol–water partition coefficient (Wildman–Crippen LogP) is 2.13. The van der Waals surface area contributed by atoms with Crippen molar-refractivity contribution in [3.8, 4) is 0 Å². The first-order valence-electron chi connectivity index (χ1n) is 8.12. The van der Waals surface area contributed by atoms with Gasteiger partial charge in [0.05, 0.1) is 25.5 Å². The normalized spacial score (nSPS) is 24.1. The summed E-state index contributed by atoms with van der Waals surface area (Å²) in [5.41, 5.74) is 0. The van der Waals surface area contributed by atoms with Gasteiger partial charge in [0.1, 0.15) is 5.76 Å². The van der Waals surface area contributed by atoms with Crippen LogP contribution in [0.25, 0.3) is 0 Å². The van der Waals surface area contributed by atoms with E-state index in [-0.39, 0.29) is 17.9 Å². The Morgan fingerprint density at radius 2 is 2.23 bits per heavy atom. The zero-order valence-corrected chi connectivity index (χ0v) is 12.9. The second kappa shape index (κ2) is 7.61. The minimum Gasteiger partial charge on any atom is -0.468 e. The van der Waals surface area contributed by atoms with Gasteiger partial charge in [-0.15, -0.1) is 0 Å². The van der Waals surface area contributed by atoms with Gasteiger partial charge >= 0.3 is 0 Å². The van der Waals surface area contributed by atoms with Crippen molar-refractivity contribution in [2.75, 3.05) is 32.8 Å². The maximum atomic E-state index is 12.3. The van der Waals surface area contributed by atoms with E-state index in [1.807, 2.05) is 12.1 Å². The molecule has 1 aromatic heterocycles. The van der Waals surface area contributed by atoms with Gasteiger partial charge in [-0.25, -0.2) is 0 Å². The molecule has 2 aliphatic rings. The van der Waals surface area contributed by atoms with E-state index in [4.69, 9.17) is 9.15 Å². The monoisotopic (exact) mass is 304 g/mol. The van der Waals surface area contributed by atoms with Crippen molar-refractivity contribution in [1.82, 2.24) is 10.2 Å². The quantitative estimate of drug-likeness (QED) is 0.847. The van der Waals surface area contributed by atoms with E-state index in [1.54, 1.807) is 6.26 Å². The van der Waals surface area contributed by atoms with Crippen LogP contribution in [0.4, 0.5) is 0 Å². The molecule has 1 saturated heterocycles. The first-order chi connectivity index (χ1) is 10.8. The van der Waals surface area contributed by atoms with Crippen LogP contribution >= 0.6 is 0 Å². The number of allylic oxidation sites excluding steroid dienone is 2. The number of carbonyl (C=O) groups excluding carboxylic acids is 1. The van der Waals surface area contributed by atoms with Gasteiger partial charge in [-0.1, -0.05) is 12.2 Å². The molecule has 2 atom stereocenters. The van der Waals surface area contributed by atoms with E-state index in [0.29, 0.717) is 6.54 Å². The molecule has 120 valence electrons. The number of hydrogen-bond donors (Lipinski definition) is 1. The molecule has 0 spiro atoms. The molecule has 0 saturated carbocycles. The largest absolute Gasteiger partial charge is 0.468 e. The van der Waals surface area contributed by atoms with Crippen molar-refractivity contribution >= 4 is 5.91 Å². The van der Waals surface area contributed by atoms with E-state index in [9.17, 15) is 4.79 Å². The molecule has 22 heavy (non-hydrogen) atoms. The Kier molecular flexibility index (Phi) is 5.29. The van der Waals surface area contributed by atoms with Crippen LogP contribution in [0.3, 0.4) is 0 Å². The van der Waals surface area contributed by atoms with Crippen LogP contribution in [-0.2, 0) is 9.53 Å². The molecule has 3 rings (SSSR count). The summed E-state index contributed by atoms with van der Waals surface area (Å²) >= 11 is 0. The molecule has 2 heterocycles. The molecular weight excluding hydrogens is 280 g/mol. The molecule has 0 unspecified atom stereocenters. The fourth-order valence-electron chi connectivity index (χ4n) is 3.15. The van der Waals surface area contributed by atoms with Crippen LogP contribution in [0.2, 0.25) is 0 Å². The average Bonchev–Trinajstić information content (AvgIpc) is 3.11. The van der Waals surface area contributed by atoms with Crippen LogP contribution in [0.5, 0.6) is 0 Å². The summed E-state index contributed by atoms with van der Waals surface area (Å²) in [6.45, 7) is 3.80. The Balaban J connectivity index is 1.60. The number of ether oxygens (including phenoxy) is 1. The van der Waals surface area contributed by atoms with Crippen LogP contribution in [0.1, 0.15) is 31.1 Å². The summed E-state index contributed by atoms with van der Waals surface area (Å²) in [7, 11) is 0. The SMILES string of the molecule is O=C(NC[C@@H](c1ccco1)N1CCOCC1)[C@H]1CC=CCC1. The maximum Gasteiger partial charge on any atom is 0.223 e. The molecule has 1 N–H and O–H groups in total. The van der Waals surface area contributed by atoms with Crippen molar-refractivity contribution in [3.05, 3.63) is 36.3 Å². The third-order valence-corrected chi connectivity index (χ3v) is 4.47. The van der Waals surface area contributed by atoms with Crippen molar-refractivity contribution in [1.29, 1.82) is 0 Å². The third-order valence-electron chi connectivity index (χ3n) is 4.47. The zero-order chi connectivity index (χ0) is 15.2. The van der Waals surface area contributed by atoms with Crippen LogP contribution < -0.4 is 5.32 Å². The van der Waals surface area contributed by atoms with Crippen molar-refractivity contribution in [2.24, 2.45) is 5.92 Å². The van der Waals surface area contributed by atoms with E-state index < -0.39 is 0 Å². The lowest BCUT2D eigenvalue weighted by molar-refractivity contribution is -0.125. The highest BCUT2D eigenvalue weighted by molar-refractivity contribution is 5.79. The fraction of sp³-hybridized carbons (Fsp3) is 0.588. The summed E-state index contributed by atoms with van der Waals surface area (Å²) < 4.78 is 11.0. The highest BCUT2D eigenvalue weighted by Gasteiger charge is 2.26. The van der Waals surface area contributed by atoms with Crippen LogP contribution in [0.15, 0.2) is 35.0 Å². The van der Waals surface area contributed by atoms with Crippen molar-refractivity contribution < 1.29 is 13.9 Å². The Labute approximate surface area is 131 Å². The predicted molar refractivity (Wildman–Crippen MR) is 83.3 cm³/mol. The number of morpholine rings is 1. The van der Waals surface area contributed by atoms with Gasteiger partial charge in [-0.2, -0.15) is 0 Å². The van der Waals surface area contributed by atoms with Gasteiger partial charge in [0.25, 0.3) is 0 Å². The van der Waals surface area contributed by atoms with Gasteiger partial charge in [-0.05, 0) is 31.4 Å². The van der Waals surface area contributed by atoms with Crippen LogP contribution in [0, 0.1) is 5.92 Å². The van der Waals surface area contributed by atoms with Gasteiger partial charge < -0.3 is 14.5 Å². The molecule has 1 fully saturated rings. The molecule has 0 aromatic carbocycles. The summed E-state index contributed by atoms with van der Waals surface area (Å²) in [4.78, 5) is 14.7. The van der Waals surface area contributed by atoms with Crippen molar-refractivity contribution in [3.63, 3.8) is 0 Å². The van der Waals surface area contributed by atoms with Gasteiger partial charge in [0, 0.05) is 25.6 Å². The molecule has 1 aliphatic carbocycles. The van der Waals surface area contributed by atoms with Gasteiger partial charge in [-0.3, -0.25) is 9.69 Å². The second-order valence-electron chi connectivity index (χ2n) is 5.91. The van der Waals surface area contributed by atoms with Gasteiger partial charge in [0.15, 0.2) is 0 Å². The summed E-state index contributed by atoms with van der Waals surface area (Å²) in [5.74, 6) is 1.19. The number of rotatable bonds is 5. The first-order valence-corrected chi connectivity index (χ1v) is 8.12. The topological polar surface area (TPSA) is 54.7 Å². The lowest BCUT2D eigenvalue weighted by atomic mass is 9.93. The maximum absolute atomic E-state index is 12.3. The summed E-state index contributed by atoms with van der Waals surface area (Å²) in [6.07, 6.45) is 8.77. The van der Waals surface area contributed by atoms with Gasteiger partial charge in [0.2, 0.25) is 5.91 Å². The Morgan fingerprint density at radius 1 is 1.36 bits per heavy atom. The number of amides is 1. The van der Waals surface area contributed by atoms with E-state index >= 15 is 0 Å². The molecule has 1 aliphatic heterocycles. The molecule has 1 aromatic rings. The first kappa shape index (κ1) is 15.3. The Hall–Kier alpha value is -1.59. The number of nitrogens with zero attached hydrogens (tertiary/aromatic N) is 1. The number of nitrogens with one attached hydrogen (secondary N) is 1. The number of hydrogen-bond acceptors (Lipinski definition) is 4. The molecule has 0 radical (unpaired) electrons.